The summed E-state index contributed by atoms with van der Waals surface area (Å²) < 4.78 is 6.52. The molecule has 0 saturated heterocycles. The molecule has 1 aromatic carbocycles. The molecule has 0 aliphatic carbocycles. The number of fused-ring (bicyclic) bond motifs is 1. The molecule has 1 aromatic rings. The summed E-state index contributed by atoms with van der Waals surface area (Å²) in [7, 11) is 0. The van der Waals surface area contributed by atoms with Gasteiger partial charge in [0.2, 0.25) is 0 Å². The van der Waals surface area contributed by atoms with Crippen LogP contribution in [0, 0.1) is 0 Å². The monoisotopic (exact) mass is 242 g/mol. The van der Waals surface area contributed by atoms with Gasteiger partial charge in [-0.05, 0) is 40.4 Å². The third-order valence-electron chi connectivity index (χ3n) is 2.30. The van der Waals surface area contributed by atoms with Gasteiger partial charge in [-0.1, -0.05) is 6.07 Å². The van der Waals surface area contributed by atoms with Gasteiger partial charge < -0.3 is 9.84 Å². The Morgan fingerprint density at radius 1 is 1.46 bits per heavy atom. The summed E-state index contributed by atoms with van der Waals surface area (Å²) in [6.45, 7) is 0.874. The molecular formula is C10H11BrO2. The lowest BCUT2D eigenvalue weighted by Gasteiger charge is -2.20. The fourth-order valence-electron chi connectivity index (χ4n) is 1.64. The SMILES string of the molecule is OCc1ccc(Br)c2c1CCCO2. The van der Waals surface area contributed by atoms with E-state index in [0.717, 1.165) is 40.8 Å². The third-order valence-corrected chi connectivity index (χ3v) is 2.92. The highest BCUT2D eigenvalue weighted by Gasteiger charge is 2.16. The molecule has 0 unspecified atom stereocenters. The molecule has 2 nitrogen and oxygen atoms in total. The van der Waals surface area contributed by atoms with Crippen molar-refractivity contribution in [3.05, 3.63) is 27.7 Å². The zero-order valence-corrected chi connectivity index (χ0v) is 8.80. The van der Waals surface area contributed by atoms with Gasteiger partial charge in [-0.2, -0.15) is 0 Å². The number of aliphatic hydroxyl groups excluding tert-OH is 1. The molecule has 0 aromatic heterocycles. The number of rotatable bonds is 1. The van der Waals surface area contributed by atoms with Gasteiger partial charge in [-0.3, -0.25) is 0 Å². The summed E-state index contributed by atoms with van der Waals surface area (Å²) in [4.78, 5) is 0. The molecule has 2 rings (SSSR count). The highest BCUT2D eigenvalue weighted by atomic mass is 79.9. The van der Waals surface area contributed by atoms with Gasteiger partial charge in [0, 0.05) is 5.56 Å². The largest absolute Gasteiger partial charge is 0.492 e. The van der Waals surface area contributed by atoms with Gasteiger partial charge in [0.05, 0.1) is 17.7 Å². The molecule has 1 aliphatic heterocycles. The molecule has 0 radical (unpaired) electrons. The van der Waals surface area contributed by atoms with E-state index in [2.05, 4.69) is 15.9 Å². The van der Waals surface area contributed by atoms with Crippen molar-refractivity contribution in [2.45, 2.75) is 19.4 Å². The molecule has 1 aliphatic rings. The maximum absolute atomic E-state index is 9.11. The highest BCUT2D eigenvalue weighted by molar-refractivity contribution is 9.10. The number of ether oxygens (including phenoxy) is 1. The standard InChI is InChI=1S/C10H11BrO2/c11-9-4-3-7(6-12)8-2-1-5-13-10(8)9/h3-4,12H,1-2,5-6H2. The van der Waals surface area contributed by atoms with E-state index in [1.54, 1.807) is 0 Å². The first kappa shape index (κ1) is 9.03. The van der Waals surface area contributed by atoms with Crippen LogP contribution < -0.4 is 4.74 Å². The Balaban J connectivity index is 2.52. The van der Waals surface area contributed by atoms with Crippen LogP contribution >= 0.6 is 15.9 Å². The van der Waals surface area contributed by atoms with Crippen LogP contribution in [0.15, 0.2) is 16.6 Å². The average Bonchev–Trinajstić information content (AvgIpc) is 2.19. The summed E-state index contributed by atoms with van der Waals surface area (Å²) in [5.74, 6) is 0.915. The highest BCUT2D eigenvalue weighted by Crippen LogP contribution is 2.35. The second-order valence-electron chi connectivity index (χ2n) is 3.12. The van der Waals surface area contributed by atoms with Crippen LogP contribution in [0.3, 0.4) is 0 Å². The van der Waals surface area contributed by atoms with Crippen LogP contribution in [-0.4, -0.2) is 11.7 Å². The van der Waals surface area contributed by atoms with Gasteiger partial charge >= 0.3 is 0 Å². The molecule has 1 heterocycles. The average molecular weight is 243 g/mol. The first-order chi connectivity index (χ1) is 6.33. The van der Waals surface area contributed by atoms with E-state index in [9.17, 15) is 0 Å². The summed E-state index contributed by atoms with van der Waals surface area (Å²) in [6, 6.07) is 3.87. The third kappa shape index (κ3) is 1.58. The number of benzene rings is 1. The summed E-state index contributed by atoms with van der Waals surface area (Å²) in [5, 5.41) is 9.11. The number of aliphatic hydroxyl groups is 1. The van der Waals surface area contributed by atoms with Crippen molar-refractivity contribution in [3.8, 4) is 5.75 Å². The number of hydrogen-bond donors (Lipinski definition) is 1. The summed E-state index contributed by atoms with van der Waals surface area (Å²) in [5.41, 5.74) is 2.14. The second-order valence-corrected chi connectivity index (χ2v) is 3.98. The molecule has 0 saturated carbocycles. The van der Waals surface area contributed by atoms with Crippen molar-refractivity contribution in [1.29, 1.82) is 0 Å². The lowest BCUT2D eigenvalue weighted by molar-refractivity contribution is 0.265. The van der Waals surface area contributed by atoms with Crippen molar-refractivity contribution < 1.29 is 9.84 Å². The Labute approximate surface area is 85.7 Å². The Bertz CT molecular complexity index is 323. The smallest absolute Gasteiger partial charge is 0.137 e. The molecule has 13 heavy (non-hydrogen) atoms. The summed E-state index contributed by atoms with van der Waals surface area (Å²) in [6.07, 6.45) is 2.04. The second kappa shape index (κ2) is 3.68. The molecule has 1 N–H and O–H groups in total. The first-order valence-electron chi connectivity index (χ1n) is 4.37. The van der Waals surface area contributed by atoms with E-state index in [1.165, 1.54) is 0 Å². The molecule has 0 bridgehead atoms. The van der Waals surface area contributed by atoms with Crippen LogP contribution in [0.1, 0.15) is 17.5 Å². The quantitative estimate of drug-likeness (QED) is 0.819. The van der Waals surface area contributed by atoms with Crippen molar-refractivity contribution in [3.63, 3.8) is 0 Å². The molecule has 0 spiro atoms. The molecule has 0 fully saturated rings. The van der Waals surface area contributed by atoms with Gasteiger partial charge in [0.25, 0.3) is 0 Å². The molecule has 3 heteroatoms. The van der Waals surface area contributed by atoms with Crippen molar-refractivity contribution in [1.82, 2.24) is 0 Å². The topological polar surface area (TPSA) is 29.5 Å². The summed E-state index contributed by atoms with van der Waals surface area (Å²) >= 11 is 3.44. The van der Waals surface area contributed by atoms with E-state index in [-0.39, 0.29) is 6.61 Å². The Kier molecular flexibility index (Phi) is 2.56. The maximum atomic E-state index is 9.11. The lowest BCUT2D eigenvalue weighted by atomic mass is 10.0. The normalized spacial score (nSPS) is 14.9. The maximum Gasteiger partial charge on any atom is 0.137 e. The van der Waals surface area contributed by atoms with Gasteiger partial charge in [0.1, 0.15) is 5.75 Å². The van der Waals surface area contributed by atoms with E-state index in [1.807, 2.05) is 12.1 Å². The van der Waals surface area contributed by atoms with Crippen LogP contribution in [0.4, 0.5) is 0 Å². The minimum atomic E-state index is 0.0962. The first-order valence-corrected chi connectivity index (χ1v) is 5.16. The van der Waals surface area contributed by atoms with E-state index >= 15 is 0 Å². The molecule has 70 valence electrons. The van der Waals surface area contributed by atoms with E-state index < -0.39 is 0 Å². The van der Waals surface area contributed by atoms with E-state index in [4.69, 9.17) is 9.84 Å². The predicted octanol–water partition coefficient (Wildman–Crippen LogP) is 2.27. The van der Waals surface area contributed by atoms with Crippen LogP contribution in [0.2, 0.25) is 0 Å². The molecule has 0 atom stereocenters. The number of halogens is 1. The Hall–Kier alpha value is -0.540. The zero-order valence-electron chi connectivity index (χ0n) is 7.22. The van der Waals surface area contributed by atoms with Gasteiger partial charge in [0.15, 0.2) is 0 Å². The minimum Gasteiger partial charge on any atom is -0.492 e. The molecular weight excluding hydrogens is 232 g/mol. The fourth-order valence-corrected chi connectivity index (χ4v) is 2.13. The van der Waals surface area contributed by atoms with Gasteiger partial charge in [-0.25, -0.2) is 0 Å². The van der Waals surface area contributed by atoms with Crippen molar-refractivity contribution >= 4 is 15.9 Å². The zero-order chi connectivity index (χ0) is 9.26. The van der Waals surface area contributed by atoms with E-state index in [0.29, 0.717) is 0 Å². The van der Waals surface area contributed by atoms with Crippen molar-refractivity contribution in [2.24, 2.45) is 0 Å². The van der Waals surface area contributed by atoms with Crippen molar-refractivity contribution in [2.75, 3.05) is 6.61 Å². The Morgan fingerprint density at radius 3 is 3.08 bits per heavy atom. The molecule has 0 amide bonds. The predicted molar refractivity (Wildman–Crippen MR) is 53.9 cm³/mol. The van der Waals surface area contributed by atoms with Crippen LogP contribution in [0.25, 0.3) is 0 Å². The lowest BCUT2D eigenvalue weighted by Crippen LogP contribution is -2.11. The fraction of sp³-hybridized carbons (Fsp3) is 0.400. The Morgan fingerprint density at radius 2 is 2.31 bits per heavy atom. The van der Waals surface area contributed by atoms with Gasteiger partial charge in [-0.15, -0.1) is 0 Å². The number of hydrogen-bond acceptors (Lipinski definition) is 2. The van der Waals surface area contributed by atoms with Crippen LogP contribution in [0.5, 0.6) is 5.75 Å². The van der Waals surface area contributed by atoms with Crippen LogP contribution in [-0.2, 0) is 13.0 Å². The minimum absolute atomic E-state index is 0.0962.